The van der Waals surface area contributed by atoms with Crippen LogP contribution in [0.3, 0.4) is 0 Å². The molecule has 1 amide bonds. The van der Waals surface area contributed by atoms with E-state index in [-0.39, 0.29) is 24.6 Å². The van der Waals surface area contributed by atoms with Gasteiger partial charge in [0.2, 0.25) is 5.91 Å². The van der Waals surface area contributed by atoms with E-state index in [1.807, 2.05) is 0 Å². The standard InChI is InChI=1S/C11H14F2N2O2.ClH/c1-17-5-4-14-7-11(16)15-10-3-2-8(12)6-9(10)13;/h2-3,6,14H,4-5,7H2,1H3,(H,15,16);1H. The van der Waals surface area contributed by atoms with Gasteiger partial charge in [0, 0.05) is 19.7 Å². The number of methoxy groups -OCH3 is 1. The maximum atomic E-state index is 13.2. The van der Waals surface area contributed by atoms with Crippen molar-refractivity contribution in [3.63, 3.8) is 0 Å². The molecule has 0 atom stereocenters. The molecule has 0 spiro atoms. The Labute approximate surface area is 110 Å². The highest BCUT2D eigenvalue weighted by Gasteiger charge is 2.07. The Morgan fingerprint density at radius 2 is 2.11 bits per heavy atom. The van der Waals surface area contributed by atoms with E-state index in [0.29, 0.717) is 19.2 Å². The smallest absolute Gasteiger partial charge is 0.238 e. The van der Waals surface area contributed by atoms with Crippen LogP contribution in [0.2, 0.25) is 0 Å². The summed E-state index contributed by atoms with van der Waals surface area (Å²) >= 11 is 0. The van der Waals surface area contributed by atoms with Gasteiger partial charge in [0.1, 0.15) is 11.6 Å². The van der Waals surface area contributed by atoms with Gasteiger partial charge in [-0.05, 0) is 12.1 Å². The zero-order valence-corrected chi connectivity index (χ0v) is 10.7. The summed E-state index contributed by atoms with van der Waals surface area (Å²) in [5, 5.41) is 5.13. The third kappa shape index (κ3) is 5.90. The normalized spacial score (nSPS) is 9.72. The maximum absolute atomic E-state index is 13.2. The Kier molecular flexibility index (Phi) is 8.19. The van der Waals surface area contributed by atoms with Gasteiger partial charge in [-0.15, -0.1) is 12.4 Å². The van der Waals surface area contributed by atoms with E-state index < -0.39 is 17.5 Å². The van der Waals surface area contributed by atoms with Gasteiger partial charge in [0.15, 0.2) is 0 Å². The molecule has 1 rings (SSSR count). The molecular formula is C11H15ClF2N2O2. The van der Waals surface area contributed by atoms with Gasteiger partial charge in [-0.25, -0.2) is 8.78 Å². The van der Waals surface area contributed by atoms with Crippen LogP contribution in [-0.4, -0.2) is 32.7 Å². The first kappa shape index (κ1) is 16.8. The Bertz CT molecular complexity index is 391. The molecule has 102 valence electrons. The van der Waals surface area contributed by atoms with E-state index in [1.54, 1.807) is 7.11 Å². The molecule has 0 aromatic heterocycles. The predicted octanol–water partition coefficient (Wildman–Crippen LogP) is 1.56. The summed E-state index contributed by atoms with van der Waals surface area (Å²) in [7, 11) is 1.55. The van der Waals surface area contributed by atoms with Crippen LogP contribution in [0.4, 0.5) is 14.5 Å². The van der Waals surface area contributed by atoms with Crippen molar-refractivity contribution >= 4 is 24.0 Å². The minimum absolute atomic E-state index is 0. The highest BCUT2D eigenvalue weighted by molar-refractivity contribution is 5.92. The molecule has 0 radical (unpaired) electrons. The van der Waals surface area contributed by atoms with Crippen molar-refractivity contribution in [1.82, 2.24) is 5.32 Å². The summed E-state index contributed by atoms with van der Waals surface area (Å²) in [4.78, 5) is 11.3. The third-order valence-electron chi connectivity index (χ3n) is 1.97. The topological polar surface area (TPSA) is 50.4 Å². The number of hydrogen-bond donors (Lipinski definition) is 2. The van der Waals surface area contributed by atoms with Crippen molar-refractivity contribution in [2.45, 2.75) is 0 Å². The molecule has 0 heterocycles. The highest BCUT2D eigenvalue weighted by Crippen LogP contribution is 2.14. The molecule has 18 heavy (non-hydrogen) atoms. The fourth-order valence-corrected chi connectivity index (χ4v) is 1.16. The van der Waals surface area contributed by atoms with Crippen LogP contribution in [0.25, 0.3) is 0 Å². The van der Waals surface area contributed by atoms with Crippen LogP contribution < -0.4 is 10.6 Å². The third-order valence-corrected chi connectivity index (χ3v) is 1.97. The zero-order valence-electron chi connectivity index (χ0n) is 9.83. The van der Waals surface area contributed by atoms with Crippen LogP contribution in [-0.2, 0) is 9.53 Å². The molecule has 1 aromatic carbocycles. The molecule has 0 aliphatic rings. The molecule has 0 aliphatic carbocycles. The Hall–Kier alpha value is -1.24. The second-order valence-electron chi connectivity index (χ2n) is 3.34. The van der Waals surface area contributed by atoms with Gasteiger partial charge in [-0.2, -0.15) is 0 Å². The molecule has 4 nitrogen and oxygen atoms in total. The number of carbonyl (C=O) groups excluding carboxylic acids is 1. The first-order valence-corrected chi connectivity index (χ1v) is 5.08. The van der Waals surface area contributed by atoms with Gasteiger partial charge >= 0.3 is 0 Å². The summed E-state index contributed by atoms with van der Waals surface area (Å²) in [5.41, 5.74) is -0.0371. The summed E-state index contributed by atoms with van der Waals surface area (Å²) in [6, 6.07) is 2.97. The molecule has 0 saturated carbocycles. The first-order chi connectivity index (χ1) is 8.13. The van der Waals surface area contributed by atoms with Gasteiger partial charge in [0.05, 0.1) is 18.8 Å². The Morgan fingerprint density at radius 3 is 2.72 bits per heavy atom. The van der Waals surface area contributed by atoms with Crippen LogP contribution in [0.1, 0.15) is 0 Å². The number of anilines is 1. The van der Waals surface area contributed by atoms with E-state index in [2.05, 4.69) is 10.6 Å². The van der Waals surface area contributed by atoms with Crippen molar-refractivity contribution in [3.05, 3.63) is 29.8 Å². The monoisotopic (exact) mass is 280 g/mol. The molecule has 0 saturated heterocycles. The molecular weight excluding hydrogens is 266 g/mol. The number of ether oxygens (including phenoxy) is 1. The number of benzene rings is 1. The second-order valence-corrected chi connectivity index (χ2v) is 3.34. The number of halogens is 3. The lowest BCUT2D eigenvalue weighted by atomic mass is 10.3. The molecule has 0 fully saturated rings. The minimum atomic E-state index is -0.796. The summed E-state index contributed by atoms with van der Waals surface area (Å²) in [6.07, 6.45) is 0. The van der Waals surface area contributed by atoms with Crippen molar-refractivity contribution in [3.8, 4) is 0 Å². The summed E-state index contributed by atoms with van der Waals surface area (Å²) in [5.74, 6) is -1.87. The molecule has 1 aromatic rings. The fraction of sp³-hybridized carbons (Fsp3) is 0.364. The number of amides is 1. The lowest BCUT2D eigenvalue weighted by Crippen LogP contribution is -2.30. The van der Waals surface area contributed by atoms with Crippen molar-refractivity contribution in [2.24, 2.45) is 0 Å². The number of rotatable bonds is 6. The predicted molar refractivity (Wildman–Crippen MR) is 67.0 cm³/mol. The van der Waals surface area contributed by atoms with Crippen molar-refractivity contribution in [2.75, 3.05) is 32.1 Å². The Morgan fingerprint density at radius 1 is 1.39 bits per heavy atom. The van der Waals surface area contributed by atoms with Gasteiger partial charge in [0.25, 0.3) is 0 Å². The van der Waals surface area contributed by atoms with Crippen LogP contribution >= 0.6 is 12.4 Å². The lowest BCUT2D eigenvalue weighted by Gasteiger charge is -2.07. The largest absolute Gasteiger partial charge is 0.383 e. The second kappa shape index (κ2) is 8.79. The quantitative estimate of drug-likeness (QED) is 0.778. The van der Waals surface area contributed by atoms with Crippen LogP contribution in [0.15, 0.2) is 18.2 Å². The minimum Gasteiger partial charge on any atom is -0.383 e. The average Bonchev–Trinajstić information content (AvgIpc) is 2.28. The average molecular weight is 281 g/mol. The van der Waals surface area contributed by atoms with Crippen LogP contribution in [0.5, 0.6) is 0 Å². The van der Waals surface area contributed by atoms with Gasteiger partial charge in [-0.1, -0.05) is 0 Å². The van der Waals surface area contributed by atoms with E-state index >= 15 is 0 Å². The van der Waals surface area contributed by atoms with Crippen molar-refractivity contribution in [1.29, 1.82) is 0 Å². The van der Waals surface area contributed by atoms with E-state index in [1.165, 1.54) is 6.07 Å². The fourth-order valence-electron chi connectivity index (χ4n) is 1.16. The summed E-state index contributed by atoms with van der Waals surface area (Å²) in [6.45, 7) is 1.05. The molecule has 2 N–H and O–H groups in total. The SMILES string of the molecule is COCCNCC(=O)Nc1ccc(F)cc1F.Cl. The molecule has 7 heteroatoms. The molecule has 0 bridgehead atoms. The van der Waals surface area contributed by atoms with E-state index in [4.69, 9.17) is 4.74 Å². The van der Waals surface area contributed by atoms with Gasteiger partial charge < -0.3 is 15.4 Å². The summed E-state index contributed by atoms with van der Waals surface area (Å²) < 4.78 is 30.5. The lowest BCUT2D eigenvalue weighted by molar-refractivity contribution is -0.115. The maximum Gasteiger partial charge on any atom is 0.238 e. The number of nitrogens with one attached hydrogen (secondary N) is 2. The van der Waals surface area contributed by atoms with E-state index in [0.717, 1.165) is 6.07 Å². The Balaban J connectivity index is 0.00000289. The first-order valence-electron chi connectivity index (χ1n) is 5.08. The van der Waals surface area contributed by atoms with Crippen molar-refractivity contribution < 1.29 is 18.3 Å². The number of carbonyl (C=O) groups is 1. The molecule has 0 unspecified atom stereocenters. The highest BCUT2D eigenvalue weighted by atomic mass is 35.5. The van der Waals surface area contributed by atoms with Crippen LogP contribution in [0, 0.1) is 11.6 Å². The molecule has 0 aliphatic heterocycles. The zero-order chi connectivity index (χ0) is 12.7. The number of hydrogen-bond acceptors (Lipinski definition) is 3. The van der Waals surface area contributed by atoms with E-state index in [9.17, 15) is 13.6 Å². The van der Waals surface area contributed by atoms with Gasteiger partial charge in [-0.3, -0.25) is 4.79 Å².